The number of ketones is 3. The summed E-state index contributed by atoms with van der Waals surface area (Å²) in [5, 5.41) is 0. The Balaban J connectivity index is 2.15. The Hall–Kier alpha value is -0.990. The van der Waals surface area contributed by atoms with Crippen LogP contribution >= 0.6 is 0 Å². The molecule has 0 heterocycles. The molecule has 0 N–H and O–H groups in total. The van der Waals surface area contributed by atoms with Crippen LogP contribution in [0.15, 0.2) is 0 Å². The van der Waals surface area contributed by atoms with E-state index in [2.05, 4.69) is 20.8 Å². The SMILES string of the molecule is CCCC(=O)C1C(=O)CC(C2C(C)CCCC2(C)C)CC1=O. The van der Waals surface area contributed by atoms with Gasteiger partial charge in [0.2, 0.25) is 0 Å². The van der Waals surface area contributed by atoms with Gasteiger partial charge in [-0.05, 0) is 36.0 Å². The fourth-order valence-electron chi connectivity index (χ4n) is 5.11. The molecule has 0 bridgehead atoms. The predicted octanol–water partition coefficient (Wildman–Crippen LogP) is 3.98. The number of carbonyl (C=O) groups is 3. The van der Waals surface area contributed by atoms with Gasteiger partial charge in [0.1, 0.15) is 5.92 Å². The van der Waals surface area contributed by atoms with Crippen LogP contribution in [-0.4, -0.2) is 17.3 Å². The average Bonchev–Trinajstić information content (AvgIpc) is 2.36. The molecule has 3 heteroatoms. The smallest absolute Gasteiger partial charge is 0.151 e. The van der Waals surface area contributed by atoms with Gasteiger partial charge in [0.25, 0.3) is 0 Å². The fraction of sp³-hybridized carbons (Fsp3) is 0.842. The molecule has 124 valence electrons. The van der Waals surface area contributed by atoms with Gasteiger partial charge >= 0.3 is 0 Å². The quantitative estimate of drug-likeness (QED) is 0.738. The van der Waals surface area contributed by atoms with Crippen LogP contribution in [0.2, 0.25) is 0 Å². The van der Waals surface area contributed by atoms with Crippen LogP contribution < -0.4 is 0 Å². The van der Waals surface area contributed by atoms with Gasteiger partial charge in [-0.2, -0.15) is 0 Å². The standard InChI is InChI=1S/C19H30O3/c1-5-7-14(20)17-15(21)10-13(11-16(17)22)18-12(2)8-6-9-19(18,3)4/h12-13,17-18H,5-11H2,1-4H3. The molecule has 2 aliphatic rings. The third-order valence-corrected chi connectivity index (χ3v) is 5.89. The molecule has 0 aromatic carbocycles. The molecule has 22 heavy (non-hydrogen) atoms. The Labute approximate surface area is 134 Å². The highest BCUT2D eigenvalue weighted by Gasteiger charge is 2.47. The molecule has 2 unspecified atom stereocenters. The third kappa shape index (κ3) is 3.33. The maximum absolute atomic E-state index is 12.5. The van der Waals surface area contributed by atoms with Crippen molar-refractivity contribution in [2.45, 2.75) is 72.6 Å². The van der Waals surface area contributed by atoms with Crippen molar-refractivity contribution >= 4 is 17.3 Å². The van der Waals surface area contributed by atoms with Crippen molar-refractivity contribution < 1.29 is 14.4 Å². The van der Waals surface area contributed by atoms with Crippen molar-refractivity contribution in [1.29, 1.82) is 0 Å². The van der Waals surface area contributed by atoms with Gasteiger partial charge in [-0.25, -0.2) is 0 Å². The van der Waals surface area contributed by atoms with E-state index in [1.54, 1.807) is 0 Å². The lowest BCUT2D eigenvalue weighted by molar-refractivity contribution is -0.145. The van der Waals surface area contributed by atoms with Crippen LogP contribution in [0.4, 0.5) is 0 Å². The van der Waals surface area contributed by atoms with E-state index in [9.17, 15) is 14.4 Å². The summed E-state index contributed by atoms with van der Waals surface area (Å²) in [5.74, 6) is -0.240. The van der Waals surface area contributed by atoms with Crippen LogP contribution in [0, 0.1) is 29.1 Å². The molecule has 2 fully saturated rings. The lowest BCUT2D eigenvalue weighted by atomic mass is 9.56. The first-order valence-electron chi connectivity index (χ1n) is 8.86. The molecule has 0 spiro atoms. The minimum atomic E-state index is -0.946. The zero-order valence-corrected chi connectivity index (χ0v) is 14.5. The van der Waals surface area contributed by atoms with Gasteiger partial charge in [-0.3, -0.25) is 14.4 Å². The van der Waals surface area contributed by atoms with Crippen molar-refractivity contribution in [3.8, 4) is 0 Å². The Morgan fingerprint density at radius 2 is 1.77 bits per heavy atom. The first-order valence-corrected chi connectivity index (χ1v) is 8.86. The largest absolute Gasteiger partial charge is 0.298 e. The molecule has 3 nitrogen and oxygen atoms in total. The van der Waals surface area contributed by atoms with E-state index in [1.165, 1.54) is 19.3 Å². The van der Waals surface area contributed by atoms with Crippen molar-refractivity contribution in [3.63, 3.8) is 0 Å². The zero-order valence-electron chi connectivity index (χ0n) is 14.5. The van der Waals surface area contributed by atoms with Crippen molar-refractivity contribution in [2.75, 3.05) is 0 Å². The molecule has 2 aliphatic carbocycles. The van der Waals surface area contributed by atoms with Gasteiger partial charge in [0.05, 0.1) is 0 Å². The molecule has 0 aliphatic heterocycles. The molecule has 0 aromatic rings. The van der Waals surface area contributed by atoms with E-state index in [0.29, 0.717) is 37.5 Å². The topological polar surface area (TPSA) is 51.2 Å². The summed E-state index contributed by atoms with van der Waals surface area (Å²) in [6.45, 7) is 8.72. The Morgan fingerprint density at radius 3 is 2.27 bits per heavy atom. The molecule has 0 saturated heterocycles. The molecule has 0 aromatic heterocycles. The summed E-state index contributed by atoms with van der Waals surface area (Å²) in [5.41, 5.74) is 0.184. The van der Waals surface area contributed by atoms with Crippen LogP contribution in [0.5, 0.6) is 0 Å². The highest BCUT2D eigenvalue weighted by Crippen LogP contribution is 2.50. The minimum absolute atomic E-state index is 0.117. The first kappa shape index (κ1) is 17.4. The summed E-state index contributed by atoms with van der Waals surface area (Å²) in [6.07, 6.45) is 5.47. The number of carbonyl (C=O) groups excluding carboxylic acids is 3. The molecule has 0 radical (unpaired) electrons. The number of hydrogen-bond donors (Lipinski definition) is 0. The van der Waals surface area contributed by atoms with E-state index in [0.717, 1.165) is 0 Å². The second-order valence-electron chi connectivity index (χ2n) is 8.13. The second-order valence-corrected chi connectivity index (χ2v) is 8.13. The van der Waals surface area contributed by atoms with Gasteiger partial charge < -0.3 is 0 Å². The third-order valence-electron chi connectivity index (χ3n) is 5.89. The first-order chi connectivity index (χ1) is 10.3. The van der Waals surface area contributed by atoms with E-state index < -0.39 is 5.92 Å². The lowest BCUT2D eigenvalue weighted by Crippen LogP contribution is -2.46. The van der Waals surface area contributed by atoms with Gasteiger partial charge in [0, 0.05) is 19.3 Å². The summed E-state index contributed by atoms with van der Waals surface area (Å²) in [6, 6.07) is 0. The van der Waals surface area contributed by atoms with Crippen LogP contribution in [0.3, 0.4) is 0 Å². The van der Waals surface area contributed by atoms with Gasteiger partial charge in [0.15, 0.2) is 17.3 Å². The summed E-state index contributed by atoms with van der Waals surface area (Å²) in [4.78, 5) is 37.0. The summed E-state index contributed by atoms with van der Waals surface area (Å²) >= 11 is 0. The maximum atomic E-state index is 12.5. The van der Waals surface area contributed by atoms with Crippen molar-refractivity contribution in [1.82, 2.24) is 0 Å². The molecule has 2 atom stereocenters. The van der Waals surface area contributed by atoms with Crippen LogP contribution in [0.1, 0.15) is 72.6 Å². The zero-order chi connectivity index (χ0) is 16.5. The molecule has 0 amide bonds. The average molecular weight is 306 g/mol. The fourth-order valence-corrected chi connectivity index (χ4v) is 5.11. The Kier molecular flexibility index (Phi) is 5.24. The molecule has 2 rings (SSSR count). The van der Waals surface area contributed by atoms with Crippen molar-refractivity contribution in [3.05, 3.63) is 0 Å². The summed E-state index contributed by atoms with van der Waals surface area (Å²) in [7, 11) is 0. The monoisotopic (exact) mass is 306 g/mol. The van der Waals surface area contributed by atoms with E-state index >= 15 is 0 Å². The van der Waals surface area contributed by atoms with E-state index in [-0.39, 0.29) is 28.7 Å². The van der Waals surface area contributed by atoms with E-state index in [4.69, 9.17) is 0 Å². The van der Waals surface area contributed by atoms with Crippen LogP contribution in [-0.2, 0) is 14.4 Å². The number of hydrogen-bond acceptors (Lipinski definition) is 3. The van der Waals surface area contributed by atoms with Gasteiger partial charge in [-0.15, -0.1) is 0 Å². The summed E-state index contributed by atoms with van der Waals surface area (Å²) < 4.78 is 0. The van der Waals surface area contributed by atoms with Crippen molar-refractivity contribution in [2.24, 2.45) is 29.1 Å². The highest BCUT2D eigenvalue weighted by atomic mass is 16.2. The minimum Gasteiger partial charge on any atom is -0.298 e. The van der Waals surface area contributed by atoms with E-state index in [1.807, 2.05) is 6.92 Å². The van der Waals surface area contributed by atoms with Crippen LogP contribution in [0.25, 0.3) is 0 Å². The maximum Gasteiger partial charge on any atom is 0.151 e. The Morgan fingerprint density at radius 1 is 1.18 bits per heavy atom. The number of rotatable bonds is 4. The molecular formula is C19H30O3. The predicted molar refractivity (Wildman–Crippen MR) is 86.4 cm³/mol. The normalized spacial score (nSPS) is 35.5. The second kappa shape index (κ2) is 6.64. The molecule has 2 saturated carbocycles. The Bertz CT molecular complexity index is 445. The molecular weight excluding hydrogens is 276 g/mol. The lowest BCUT2D eigenvalue weighted by Gasteiger charge is -2.48. The highest BCUT2D eigenvalue weighted by molar-refractivity contribution is 6.20. The number of Topliss-reactive ketones (excluding diaryl/α,β-unsaturated/α-hetero) is 3. The van der Waals surface area contributed by atoms with Gasteiger partial charge in [-0.1, -0.05) is 40.5 Å².